The van der Waals surface area contributed by atoms with E-state index < -0.39 is 0 Å². The molecule has 1 aromatic heterocycles. The lowest BCUT2D eigenvalue weighted by atomic mass is 10.1. The van der Waals surface area contributed by atoms with E-state index in [1.165, 1.54) is 5.56 Å². The predicted octanol–water partition coefficient (Wildman–Crippen LogP) is 3.63. The van der Waals surface area contributed by atoms with Crippen LogP contribution in [0.15, 0.2) is 48.8 Å². The summed E-state index contributed by atoms with van der Waals surface area (Å²) in [5.74, 6) is 0. The first-order valence-electron chi connectivity index (χ1n) is 6.14. The minimum absolute atomic E-state index is 0.264. The number of pyridine rings is 1. The number of nitrogens with zero attached hydrogens (tertiary/aromatic N) is 1. The van der Waals surface area contributed by atoms with Crippen LogP contribution < -0.4 is 5.32 Å². The SMILES string of the molecule is C[C@@H](NCCc1ccncc1)c1ccccc1Cl. The summed E-state index contributed by atoms with van der Waals surface area (Å²) in [5, 5.41) is 4.30. The maximum Gasteiger partial charge on any atom is 0.0453 e. The third kappa shape index (κ3) is 3.56. The normalized spacial score (nSPS) is 12.3. The molecule has 1 atom stereocenters. The third-order valence-electron chi connectivity index (χ3n) is 2.99. The lowest BCUT2D eigenvalue weighted by Crippen LogP contribution is -2.21. The van der Waals surface area contributed by atoms with Crippen LogP contribution >= 0.6 is 11.6 Å². The van der Waals surface area contributed by atoms with E-state index in [1.807, 2.05) is 42.7 Å². The molecule has 18 heavy (non-hydrogen) atoms. The van der Waals surface area contributed by atoms with E-state index in [0.29, 0.717) is 0 Å². The lowest BCUT2D eigenvalue weighted by molar-refractivity contribution is 0.577. The topological polar surface area (TPSA) is 24.9 Å². The number of halogens is 1. The molecule has 0 bridgehead atoms. The molecule has 0 amide bonds. The van der Waals surface area contributed by atoms with Crippen LogP contribution in [0.5, 0.6) is 0 Å². The maximum atomic E-state index is 6.17. The van der Waals surface area contributed by atoms with Crippen LogP contribution in [-0.2, 0) is 6.42 Å². The highest BCUT2D eigenvalue weighted by atomic mass is 35.5. The molecule has 0 saturated heterocycles. The van der Waals surface area contributed by atoms with E-state index in [0.717, 1.165) is 23.6 Å². The summed E-state index contributed by atoms with van der Waals surface area (Å²) in [4.78, 5) is 4.01. The van der Waals surface area contributed by atoms with Crippen molar-refractivity contribution in [2.45, 2.75) is 19.4 Å². The van der Waals surface area contributed by atoms with Gasteiger partial charge < -0.3 is 5.32 Å². The van der Waals surface area contributed by atoms with Crippen LogP contribution in [-0.4, -0.2) is 11.5 Å². The first-order chi connectivity index (χ1) is 8.77. The fraction of sp³-hybridized carbons (Fsp3) is 0.267. The second kappa shape index (κ2) is 6.53. The van der Waals surface area contributed by atoms with Gasteiger partial charge in [-0.2, -0.15) is 0 Å². The minimum atomic E-state index is 0.264. The van der Waals surface area contributed by atoms with Crippen LogP contribution in [0.4, 0.5) is 0 Å². The predicted molar refractivity (Wildman–Crippen MR) is 75.8 cm³/mol. The van der Waals surface area contributed by atoms with Gasteiger partial charge >= 0.3 is 0 Å². The summed E-state index contributed by atoms with van der Waals surface area (Å²) in [7, 11) is 0. The fourth-order valence-electron chi connectivity index (χ4n) is 1.92. The number of aromatic nitrogens is 1. The van der Waals surface area contributed by atoms with Gasteiger partial charge in [-0.1, -0.05) is 29.8 Å². The van der Waals surface area contributed by atoms with Gasteiger partial charge in [-0.05, 0) is 49.2 Å². The van der Waals surface area contributed by atoms with Crippen molar-refractivity contribution >= 4 is 11.6 Å². The van der Waals surface area contributed by atoms with Gasteiger partial charge in [0.25, 0.3) is 0 Å². The molecule has 2 nitrogen and oxygen atoms in total. The van der Waals surface area contributed by atoms with Crippen LogP contribution in [0.3, 0.4) is 0 Å². The molecule has 0 aliphatic heterocycles. The second-order valence-corrected chi connectivity index (χ2v) is 4.71. The van der Waals surface area contributed by atoms with Crippen molar-refractivity contribution in [3.8, 4) is 0 Å². The van der Waals surface area contributed by atoms with Gasteiger partial charge in [0, 0.05) is 23.5 Å². The Morgan fingerprint density at radius 2 is 1.89 bits per heavy atom. The maximum absolute atomic E-state index is 6.17. The van der Waals surface area contributed by atoms with E-state index in [2.05, 4.69) is 23.3 Å². The van der Waals surface area contributed by atoms with Crippen LogP contribution in [0.2, 0.25) is 5.02 Å². The quantitative estimate of drug-likeness (QED) is 0.888. The number of hydrogen-bond donors (Lipinski definition) is 1. The Hall–Kier alpha value is -1.38. The average molecular weight is 261 g/mol. The number of rotatable bonds is 5. The van der Waals surface area contributed by atoms with Crippen molar-refractivity contribution in [3.05, 3.63) is 64.9 Å². The third-order valence-corrected chi connectivity index (χ3v) is 3.33. The van der Waals surface area contributed by atoms with Gasteiger partial charge in [0.05, 0.1) is 0 Å². The largest absolute Gasteiger partial charge is 0.310 e. The van der Waals surface area contributed by atoms with Crippen molar-refractivity contribution in [1.29, 1.82) is 0 Å². The van der Waals surface area contributed by atoms with Crippen LogP contribution in [0.25, 0.3) is 0 Å². The first-order valence-corrected chi connectivity index (χ1v) is 6.52. The van der Waals surface area contributed by atoms with E-state index in [-0.39, 0.29) is 6.04 Å². The molecule has 1 aromatic carbocycles. The van der Waals surface area contributed by atoms with Gasteiger partial charge in [0.2, 0.25) is 0 Å². The van der Waals surface area contributed by atoms with Crippen LogP contribution in [0, 0.1) is 0 Å². The molecular formula is C15H17ClN2. The molecular weight excluding hydrogens is 244 g/mol. The van der Waals surface area contributed by atoms with Crippen molar-refractivity contribution in [2.75, 3.05) is 6.54 Å². The highest BCUT2D eigenvalue weighted by Gasteiger charge is 2.07. The van der Waals surface area contributed by atoms with E-state index in [1.54, 1.807) is 0 Å². The summed E-state index contributed by atoms with van der Waals surface area (Å²) in [6, 6.07) is 12.3. The first kappa shape index (κ1) is 13.1. The molecule has 0 aliphatic rings. The Morgan fingerprint density at radius 3 is 2.61 bits per heavy atom. The molecule has 94 valence electrons. The molecule has 1 N–H and O–H groups in total. The number of hydrogen-bond acceptors (Lipinski definition) is 2. The zero-order chi connectivity index (χ0) is 12.8. The van der Waals surface area contributed by atoms with Gasteiger partial charge in [-0.25, -0.2) is 0 Å². The Balaban J connectivity index is 1.86. The Labute approximate surface area is 113 Å². The standard InChI is InChI=1S/C15H17ClN2/c1-12(14-4-2-3-5-15(14)16)18-11-8-13-6-9-17-10-7-13/h2-7,9-10,12,18H,8,11H2,1H3/t12-/m1/s1. The van der Waals surface area contributed by atoms with Crippen LogP contribution in [0.1, 0.15) is 24.1 Å². The Morgan fingerprint density at radius 1 is 1.17 bits per heavy atom. The fourth-order valence-corrected chi connectivity index (χ4v) is 2.22. The minimum Gasteiger partial charge on any atom is -0.310 e. The van der Waals surface area contributed by atoms with Crippen molar-refractivity contribution in [1.82, 2.24) is 10.3 Å². The molecule has 2 rings (SSSR count). The molecule has 2 aromatic rings. The van der Waals surface area contributed by atoms with E-state index in [4.69, 9.17) is 11.6 Å². The summed E-state index contributed by atoms with van der Waals surface area (Å²) in [5.41, 5.74) is 2.44. The van der Waals surface area contributed by atoms with Gasteiger partial charge in [-0.3, -0.25) is 4.98 Å². The molecule has 3 heteroatoms. The zero-order valence-corrected chi connectivity index (χ0v) is 11.2. The smallest absolute Gasteiger partial charge is 0.0453 e. The molecule has 0 unspecified atom stereocenters. The van der Waals surface area contributed by atoms with Gasteiger partial charge in [0.15, 0.2) is 0 Å². The summed E-state index contributed by atoms with van der Waals surface area (Å²) >= 11 is 6.17. The van der Waals surface area contributed by atoms with E-state index >= 15 is 0 Å². The molecule has 1 heterocycles. The Kier molecular flexibility index (Phi) is 4.73. The van der Waals surface area contributed by atoms with Crippen molar-refractivity contribution in [2.24, 2.45) is 0 Å². The highest BCUT2D eigenvalue weighted by Crippen LogP contribution is 2.21. The van der Waals surface area contributed by atoms with Crippen molar-refractivity contribution < 1.29 is 0 Å². The highest BCUT2D eigenvalue weighted by molar-refractivity contribution is 6.31. The Bertz CT molecular complexity index is 485. The summed E-state index contributed by atoms with van der Waals surface area (Å²) < 4.78 is 0. The molecule has 0 radical (unpaired) electrons. The monoisotopic (exact) mass is 260 g/mol. The molecule has 0 fully saturated rings. The molecule has 0 aliphatic carbocycles. The number of benzene rings is 1. The van der Waals surface area contributed by atoms with Gasteiger partial charge in [-0.15, -0.1) is 0 Å². The molecule has 0 spiro atoms. The average Bonchev–Trinajstić information content (AvgIpc) is 2.40. The molecule has 0 saturated carbocycles. The second-order valence-electron chi connectivity index (χ2n) is 4.30. The van der Waals surface area contributed by atoms with Crippen molar-refractivity contribution in [3.63, 3.8) is 0 Å². The number of nitrogens with one attached hydrogen (secondary N) is 1. The summed E-state index contributed by atoms with van der Waals surface area (Å²) in [6.07, 6.45) is 4.65. The van der Waals surface area contributed by atoms with Gasteiger partial charge in [0.1, 0.15) is 0 Å². The van der Waals surface area contributed by atoms with E-state index in [9.17, 15) is 0 Å². The summed E-state index contributed by atoms with van der Waals surface area (Å²) in [6.45, 7) is 3.06. The zero-order valence-electron chi connectivity index (χ0n) is 10.4. The lowest BCUT2D eigenvalue weighted by Gasteiger charge is -2.15.